The molecule has 7 heteroatoms. The van der Waals surface area contributed by atoms with Crippen LogP contribution in [0.2, 0.25) is 0 Å². The molecule has 1 aliphatic heterocycles. The number of amides is 1. The van der Waals surface area contributed by atoms with Gasteiger partial charge in [0.2, 0.25) is 5.91 Å². The quantitative estimate of drug-likeness (QED) is 0.423. The Morgan fingerprint density at radius 2 is 2.15 bits per heavy atom. The fourth-order valence-electron chi connectivity index (χ4n) is 3.58. The summed E-state index contributed by atoms with van der Waals surface area (Å²) in [6, 6.07) is 4.25. The summed E-state index contributed by atoms with van der Waals surface area (Å²) >= 11 is 0. The molecule has 0 aromatic carbocycles. The van der Waals surface area contributed by atoms with Crippen LogP contribution in [0.15, 0.2) is 23.3 Å². The van der Waals surface area contributed by atoms with Crippen LogP contribution in [0, 0.1) is 0 Å². The summed E-state index contributed by atoms with van der Waals surface area (Å²) < 4.78 is 2.13. The second-order valence-electron chi connectivity index (χ2n) is 7.48. The van der Waals surface area contributed by atoms with Crippen molar-refractivity contribution in [1.82, 2.24) is 24.6 Å². The van der Waals surface area contributed by atoms with Gasteiger partial charge < -0.3 is 19.7 Å². The van der Waals surface area contributed by atoms with E-state index >= 15 is 0 Å². The Labute approximate surface area is 164 Å². The van der Waals surface area contributed by atoms with E-state index in [9.17, 15) is 4.79 Å². The lowest BCUT2D eigenvalue weighted by atomic mass is 10.2. The smallest absolute Gasteiger partial charge is 0.239 e. The molecule has 2 rings (SSSR count). The van der Waals surface area contributed by atoms with Gasteiger partial charge in [-0.05, 0) is 44.9 Å². The zero-order valence-electron chi connectivity index (χ0n) is 17.6. The summed E-state index contributed by atoms with van der Waals surface area (Å²) in [5, 5.41) is 3.38. The Balaban J connectivity index is 1.85. The summed E-state index contributed by atoms with van der Waals surface area (Å²) in [5.41, 5.74) is 1.25. The van der Waals surface area contributed by atoms with Gasteiger partial charge in [-0.3, -0.25) is 14.7 Å². The van der Waals surface area contributed by atoms with Gasteiger partial charge in [0, 0.05) is 59.7 Å². The maximum absolute atomic E-state index is 12.3. The van der Waals surface area contributed by atoms with Crippen molar-refractivity contribution in [1.29, 1.82) is 0 Å². The van der Waals surface area contributed by atoms with E-state index in [0.29, 0.717) is 0 Å². The number of rotatable bonds is 8. The van der Waals surface area contributed by atoms with Gasteiger partial charge in [-0.15, -0.1) is 0 Å². The summed E-state index contributed by atoms with van der Waals surface area (Å²) in [5.74, 6) is 1.16. The predicted octanol–water partition coefficient (Wildman–Crippen LogP) is 1.37. The highest BCUT2D eigenvalue weighted by atomic mass is 16.2. The van der Waals surface area contributed by atoms with E-state index in [0.717, 1.165) is 57.9 Å². The molecule has 1 aromatic rings. The average molecular weight is 377 g/mol. The van der Waals surface area contributed by atoms with Crippen molar-refractivity contribution in [3.63, 3.8) is 0 Å². The summed E-state index contributed by atoms with van der Waals surface area (Å²) in [6.07, 6.45) is 5.11. The molecule has 1 aromatic heterocycles. The second kappa shape index (κ2) is 10.3. The largest absolute Gasteiger partial charge is 0.357 e. The lowest BCUT2D eigenvalue weighted by molar-refractivity contribution is -0.133. The molecule has 0 spiro atoms. The number of nitrogens with zero attached hydrogens (tertiary/aromatic N) is 5. The second-order valence-corrected chi connectivity index (χ2v) is 7.48. The lowest BCUT2D eigenvalue weighted by Crippen LogP contribution is -2.43. The molecule has 1 fully saturated rings. The van der Waals surface area contributed by atoms with Gasteiger partial charge in [0.25, 0.3) is 0 Å². The molecule has 1 amide bonds. The molecule has 0 bridgehead atoms. The van der Waals surface area contributed by atoms with Gasteiger partial charge in [-0.25, -0.2) is 0 Å². The van der Waals surface area contributed by atoms with Crippen molar-refractivity contribution < 1.29 is 4.79 Å². The van der Waals surface area contributed by atoms with E-state index in [-0.39, 0.29) is 11.9 Å². The molecular formula is C20H36N6O. The Kier molecular flexibility index (Phi) is 8.16. The number of likely N-dealkylation sites (N-methyl/N-ethyl adjacent to an activating group) is 1. The van der Waals surface area contributed by atoms with E-state index in [4.69, 9.17) is 4.99 Å². The summed E-state index contributed by atoms with van der Waals surface area (Å²) in [4.78, 5) is 23.3. The van der Waals surface area contributed by atoms with E-state index in [1.165, 1.54) is 5.69 Å². The number of nitrogens with one attached hydrogen (secondary N) is 1. The van der Waals surface area contributed by atoms with Gasteiger partial charge in [-0.1, -0.05) is 0 Å². The maximum Gasteiger partial charge on any atom is 0.239 e. The molecule has 1 saturated heterocycles. The number of hydrogen-bond donors (Lipinski definition) is 1. The third-order valence-electron chi connectivity index (χ3n) is 5.10. The average Bonchev–Trinajstić information content (AvgIpc) is 3.26. The molecule has 152 valence electrons. The van der Waals surface area contributed by atoms with Gasteiger partial charge in [-0.2, -0.15) is 0 Å². The number of aromatic nitrogens is 1. The molecule has 0 aliphatic carbocycles. The molecule has 27 heavy (non-hydrogen) atoms. The molecule has 7 nitrogen and oxygen atoms in total. The number of carbonyl (C=O) groups excluding carboxylic acids is 1. The fourth-order valence-corrected chi connectivity index (χ4v) is 3.58. The van der Waals surface area contributed by atoms with Crippen LogP contribution in [0.25, 0.3) is 0 Å². The monoisotopic (exact) mass is 376 g/mol. The van der Waals surface area contributed by atoms with Crippen LogP contribution in [0.3, 0.4) is 0 Å². The lowest BCUT2D eigenvalue weighted by Gasteiger charge is -2.26. The molecule has 2 heterocycles. The molecule has 0 saturated carbocycles. The van der Waals surface area contributed by atoms with E-state index < -0.39 is 0 Å². The zero-order valence-corrected chi connectivity index (χ0v) is 17.6. The summed E-state index contributed by atoms with van der Waals surface area (Å²) in [6.45, 7) is 6.46. The third-order valence-corrected chi connectivity index (χ3v) is 5.10. The Hall–Kier alpha value is -2.02. The molecule has 1 atom stereocenters. The minimum absolute atomic E-state index is 0.0530. The van der Waals surface area contributed by atoms with Crippen molar-refractivity contribution in [3.8, 4) is 0 Å². The molecule has 1 aliphatic rings. The van der Waals surface area contributed by atoms with E-state index in [1.807, 2.05) is 14.1 Å². The Bertz CT molecular complexity index is 624. The number of carbonyl (C=O) groups is 1. The van der Waals surface area contributed by atoms with Crippen LogP contribution in [-0.4, -0.2) is 84.5 Å². The van der Waals surface area contributed by atoms with Gasteiger partial charge in [0.05, 0.1) is 12.6 Å². The number of aliphatic imine (C=N–C) groups is 1. The highest BCUT2D eigenvalue weighted by Gasteiger charge is 2.30. The number of guanidine groups is 1. The highest BCUT2D eigenvalue weighted by molar-refractivity contribution is 5.81. The van der Waals surface area contributed by atoms with E-state index in [2.05, 4.69) is 59.0 Å². The normalized spacial score (nSPS) is 18.0. The van der Waals surface area contributed by atoms with Gasteiger partial charge in [0.15, 0.2) is 5.96 Å². The number of hydrogen-bond acceptors (Lipinski definition) is 3. The highest BCUT2D eigenvalue weighted by Crippen LogP contribution is 2.18. The van der Waals surface area contributed by atoms with Crippen LogP contribution in [0.4, 0.5) is 0 Å². The third kappa shape index (κ3) is 5.99. The van der Waals surface area contributed by atoms with Crippen molar-refractivity contribution in [2.45, 2.75) is 38.8 Å². The SMILES string of the molecule is CCNC(=NCCCN1CCCC1C(=O)N(C)C)N(C)Cc1cccn1C. The summed E-state index contributed by atoms with van der Waals surface area (Å²) in [7, 11) is 7.82. The first-order valence-electron chi connectivity index (χ1n) is 9.99. The van der Waals surface area contributed by atoms with Crippen LogP contribution >= 0.6 is 0 Å². The van der Waals surface area contributed by atoms with Crippen LogP contribution < -0.4 is 5.32 Å². The fraction of sp³-hybridized carbons (Fsp3) is 0.700. The first kappa shape index (κ1) is 21.3. The van der Waals surface area contributed by atoms with Gasteiger partial charge >= 0.3 is 0 Å². The van der Waals surface area contributed by atoms with Crippen molar-refractivity contribution in [3.05, 3.63) is 24.0 Å². The molecular weight excluding hydrogens is 340 g/mol. The van der Waals surface area contributed by atoms with E-state index in [1.54, 1.807) is 4.90 Å². The molecule has 1 N–H and O–H groups in total. The molecule has 1 unspecified atom stereocenters. The zero-order chi connectivity index (χ0) is 19.8. The minimum atomic E-state index is 0.0530. The topological polar surface area (TPSA) is 56.1 Å². The van der Waals surface area contributed by atoms with Crippen LogP contribution in [-0.2, 0) is 18.4 Å². The Morgan fingerprint density at radius 3 is 2.78 bits per heavy atom. The minimum Gasteiger partial charge on any atom is -0.357 e. The van der Waals surface area contributed by atoms with Crippen molar-refractivity contribution >= 4 is 11.9 Å². The van der Waals surface area contributed by atoms with Crippen molar-refractivity contribution in [2.75, 3.05) is 47.3 Å². The Morgan fingerprint density at radius 1 is 1.37 bits per heavy atom. The van der Waals surface area contributed by atoms with Crippen LogP contribution in [0.1, 0.15) is 31.9 Å². The maximum atomic E-state index is 12.3. The molecule has 0 radical (unpaired) electrons. The first-order chi connectivity index (χ1) is 12.9. The first-order valence-corrected chi connectivity index (χ1v) is 9.99. The van der Waals surface area contributed by atoms with Crippen LogP contribution in [0.5, 0.6) is 0 Å². The predicted molar refractivity (Wildman–Crippen MR) is 111 cm³/mol. The standard InChI is InChI=1S/C20H36N6O/c1-6-21-20(25(5)16-17-10-7-13-24(17)4)22-12-9-15-26-14-8-11-18(26)19(27)23(2)3/h7,10,13,18H,6,8-9,11-12,14-16H2,1-5H3,(H,21,22). The van der Waals surface area contributed by atoms with Gasteiger partial charge in [0.1, 0.15) is 0 Å². The number of aryl methyl sites for hydroxylation is 1. The number of likely N-dealkylation sites (tertiary alicyclic amines) is 1. The van der Waals surface area contributed by atoms with Crippen molar-refractivity contribution in [2.24, 2.45) is 12.0 Å².